The maximum atomic E-state index is 8.72. The standard InChI is InChI=1S/C2H6OS.H2O.2O.W/c1-2(3)4;;;;/h2-4H,1H3;1H2;;;/q;;;;+1/p-1. The molecule has 2 N–H and O–H groups in total. The molecule has 0 aliphatic heterocycles. The molecule has 1 atom stereocenters. The van der Waals surface area contributed by atoms with Crippen molar-refractivity contribution in [3.05, 3.63) is 0 Å². The van der Waals surface area contributed by atoms with E-state index in [0.717, 1.165) is 0 Å². The van der Waals surface area contributed by atoms with Crippen LogP contribution in [-0.2, 0) is 24.4 Å². The fourth-order valence-electron chi connectivity index (χ4n) is 0. The second-order valence-corrected chi connectivity index (χ2v) is 3.16. The number of hydrogen-bond acceptors (Lipinski definition) is 4. The molecule has 0 bridgehead atoms. The minimum absolute atomic E-state index is 0.472. The number of aliphatic hydroxyl groups excluding tert-OH is 1. The van der Waals surface area contributed by atoms with Gasteiger partial charge in [0, 0.05) is 0 Å². The molecular formula is C2H7O4SW. The Morgan fingerprint density at radius 1 is 1.62 bits per heavy atom. The Bertz CT molecular complexity index is 87.5. The maximum absolute atomic E-state index is 8.72. The van der Waals surface area contributed by atoms with Gasteiger partial charge >= 0.3 is 28.2 Å². The summed E-state index contributed by atoms with van der Waals surface area (Å²) in [5, 5.41) is 7.92. The van der Waals surface area contributed by atoms with Crippen LogP contribution in [0.5, 0.6) is 0 Å². The van der Waals surface area contributed by atoms with Crippen LogP contribution >= 0.6 is 12.6 Å². The fourth-order valence-corrected chi connectivity index (χ4v) is 0. The molecule has 0 spiro atoms. The molecule has 0 rings (SSSR count). The number of rotatable bonds is 0. The first-order chi connectivity index (χ1) is 3.46. The van der Waals surface area contributed by atoms with E-state index in [1.165, 1.54) is 0 Å². The topological polar surface area (TPSA) is 74.6 Å². The molecule has 0 aliphatic rings. The first kappa shape index (κ1) is 11.4. The predicted octanol–water partition coefficient (Wildman–Crippen LogP) is -0.543. The summed E-state index contributed by atoms with van der Waals surface area (Å²) in [7, 11) is 0. The zero-order valence-electron chi connectivity index (χ0n) is 4.14. The Hall–Kier alpha value is 0.558. The Labute approximate surface area is 58.6 Å². The zero-order chi connectivity index (χ0) is 7.15. The molecule has 8 heavy (non-hydrogen) atoms. The van der Waals surface area contributed by atoms with Crippen molar-refractivity contribution in [2.75, 3.05) is 0 Å². The summed E-state index contributed by atoms with van der Waals surface area (Å²) in [6.45, 7) is 1.59. The van der Waals surface area contributed by atoms with Gasteiger partial charge in [0.2, 0.25) is 0 Å². The Kier molecular flexibility index (Phi) is 10.7. The van der Waals surface area contributed by atoms with Crippen molar-refractivity contribution < 1.29 is 33.3 Å². The number of hydrogen-bond donors (Lipinski definition) is 3. The van der Waals surface area contributed by atoms with Crippen LogP contribution in [-0.4, -0.2) is 14.3 Å². The minimum atomic E-state index is -4.03. The van der Waals surface area contributed by atoms with E-state index in [-0.39, 0.29) is 0 Å². The molecule has 6 heteroatoms. The fraction of sp³-hybridized carbons (Fsp3) is 1.00. The molecule has 0 fully saturated rings. The van der Waals surface area contributed by atoms with E-state index in [1.807, 2.05) is 0 Å². The third-order valence-corrected chi connectivity index (χ3v) is 0. The van der Waals surface area contributed by atoms with Gasteiger partial charge < -0.3 is 5.11 Å². The van der Waals surface area contributed by atoms with Crippen LogP contribution in [0, 0.1) is 0 Å². The summed E-state index contributed by atoms with van der Waals surface area (Å²) >= 11 is -0.506. The van der Waals surface area contributed by atoms with Crippen LogP contribution < -0.4 is 0 Å². The quantitative estimate of drug-likeness (QED) is 0.415. The van der Waals surface area contributed by atoms with Crippen molar-refractivity contribution >= 4 is 12.6 Å². The molecule has 4 nitrogen and oxygen atoms in total. The van der Waals surface area contributed by atoms with Gasteiger partial charge in [-0.05, 0) is 6.92 Å². The third-order valence-electron chi connectivity index (χ3n) is 0. The van der Waals surface area contributed by atoms with Gasteiger partial charge in [0.15, 0.2) is 0 Å². The van der Waals surface area contributed by atoms with Crippen LogP contribution in [0.25, 0.3) is 0 Å². The van der Waals surface area contributed by atoms with E-state index < -0.39 is 23.1 Å². The first-order valence-corrected chi connectivity index (χ1v) is 5.83. The molecule has 51 valence electrons. The molecule has 0 aromatic carbocycles. The normalized spacial score (nSPS) is 11.0. The molecule has 0 aliphatic carbocycles. The van der Waals surface area contributed by atoms with Crippen molar-refractivity contribution in [2.45, 2.75) is 12.4 Å². The van der Waals surface area contributed by atoms with Crippen molar-refractivity contribution in [3.63, 3.8) is 0 Å². The summed E-state index contributed by atoms with van der Waals surface area (Å²) in [5.74, 6) is 0. The van der Waals surface area contributed by atoms with Crippen molar-refractivity contribution in [1.29, 1.82) is 0 Å². The Morgan fingerprint density at radius 3 is 1.62 bits per heavy atom. The Morgan fingerprint density at radius 2 is 1.62 bits per heavy atom. The zero-order valence-corrected chi connectivity index (χ0v) is 7.97. The first-order valence-electron chi connectivity index (χ1n) is 1.61. The SMILES string of the molecule is CC(O)S.[O]=[W](=[O])[OH]. The van der Waals surface area contributed by atoms with Crippen LogP contribution in [0.3, 0.4) is 0 Å². The van der Waals surface area contributed by atoms with Gasteiger partial charge in [-0.15, -0.1) is 12.6 Å². The molecule has 0 heterocycles. The van der Waals surface area contributed by atoms with Gasteiger partial charge in [0.1, 0.15) is 0 Å². The monoisotopic (exact) mass is 311 g/mol. The predicted molar refractivity (Wildman–Crippen MR) is 24.3 cm³/mol. The van der Waals surface area contributed by atoms with Gasteiger partial charge in [-0.25, -0.2) is 0 Å². The summed E-state index contributed by atoms with van der Waals surface area (Å²) < 4.78 is 24.6. The van der Waals surface area contributed by atoms with Crippen molar-refractivity contribution in [3.8, 4) is 0 Å². The van der Waals surface area contributed by atoms with Crippen molar-refractivity contribution in [2.24, 2.45) is 0 Å². The number of aliphatic hydroxyl groups is 1. The second-order valence-electron chi connectivity index (χ2n) is 0.849. The van der Waals surface area contributed by atoms with E-state index >= 15 is 0 Å². The summed E-state index contributed by atoms with van der Waals surface area (Å²) in [6, 6.07) is 0. The molecule has 0 saturated heterocycles. The van der Waals surface area contributed by atoms with Gasteiger partial charge in [-0.3, -0.25) is 0 Å². The van der Waals surface area contributed by atoms with Gasteiger partial charge in [-0.2, -0.15) is 0 Å². The number of thiol groups is 1. The second kappa shape index (κ2) is 7.56. The summed E-state index contributed by atoms with van der Waals surface area (Å²) in [6.07, 6.45) is 0. The van der Waals surface area contributed by atoms with E-state index in [1.54, 1.807) is 6.92 Å². The van der Waals surface area contributed by atoms with E-state index in [9.17, 15) is 0 Å². The van der Waals surface area contributed by atoms with Gasteiger partial charge in [0.25, 0.3) is 0 Å². The van der Waals surface area contributed by atoms with Crippen LogP contribution in [0.1, 0.15) is 6.92 Å². The molecule has 0 aromatic heterocycles. The van der Waals surface area contributed by atoms with E-state index in [4.69, 9.17) is 15.7 Å². The molecule has 0 saturated carbocycles. The van der Waals surface area contributed by atoms with Gasteiger partial charge in [0.05, 0.1) is 5.44 Å². The summed E-state index contributed by atoms with van der Waals surface area (Å²) in [5.41, 5.74) is -0.472. The van der Waals surface area contributed by atoms with E-state index in [2.05, 4.69) is 12.6 Å². The molecule has 0 amide bonds. The molecule has 0 aromatic rings. The average molecular weight is 311 g/mol. The van der Waals surface area contributed by atoms with Crippen LogP contribution in [0.15, 0.2) is 0 Å². The van der Waals surface area contributed by atoms with Crippen molar-refractivity contribution in [1.82, 2.24) is 0 Å². The van der Waals surface area contributed by atoms with Crippen LogP contribution in [0.4, 0.5) is 0 Å². The van der Waals surface area contributed by atoms with Crippen LogP contribution in [0.2, 0.25) is 0 Å². The third kappa shape index (κ3) is 650. The Balaban J connectivity index is 0. The van der Waals surface area contributed by atoms with E-state index in [0.29, 0.717) is 0 Å². The molecular weight excluding hydrogens is 304 g/mol. The molecule has 0 radical (unpaired) electrons. The average Bonchev–Trinajstić information content (AvgIpc) is 1.25. The van der Waals surface area contributed by atoms with Gasteiger partial charge in [-0.1, -0.05) is 0 Å². The molecule has 1 unspecified atom stereocenters. The summed E-state index contributed by atoms with van der Waals surface area (Å²) in [4.78, 5) is 0.